The normalized spacial score (nSPS) is 14.8. The van der Waals surface area contributed by atoms with Crippen LogP contribution in [0.15, 0.2) is 23.0 Å². The van der Waals surface area contributed by atoms with E-state index in [1.54, 1.807) is 20.3 Å². The first-order chi connectivity index (χ1) is 12.3. The summed E-state index contributed by atoms with van der Waals surface area (Å²) >= 11 is 0. The minimum absolute atomic E-state index is 0.169. The van der Waals surface area contributed by atoms with Crippen LogP contribution in [-0.2, 0) is 25.7 Å². The number of hydrogen-bond donors (Lipinski definition) is 1. The molecule has 9 heteroatoms. The summed E-state index contributed by atoms with van der Waals surface area (Å²) in [6, 6.07) is 5.42. The molecule has 0 bridgehead atoms. The van der Waals surface area contributed by atoms with Crippen LogP contribution in [0.25, 0.3) is 0 Å². The first-order valence-corrected chi connectivity index (χ1v) is 7.93. The summed E-state index contributed by atoms with van der Waals surface area (Å²) in [4.78, 5) is 19.3. The van der Waals surface area contributed by atoms with Crippen molar-refractivity contribution in [2.45, 2.75) is 25.7 Å². The Hall–Kier alpha value is -2.55. The zero-order chi connectivity index (χ0) is 18.9. The highest BCUT2D eigenvalue weighted by Crippen LogP contribution is 2.28. The molecule has 1 aliphatic heterocycles. The number of alkyl halides is 3. The molecule has 0 atom stereocenters. The van der Waals surface area contributed by atoms with Crippen LogP contribution in [0.1, 0.15) is 22.6 Å². The maximum atomic E-state index is 12.9. The van der Waals surface area contributed by atoms with Gasteiger partial charge in [0.2, 0.25) is 5.82 Å². The summed E-state index contributed by atoms with van der Waals surface area (Å²) < 4.78 is 49.1. The number of hydrogen-bond acceptors (Lipinski definition) is 5. The standard InChI is InChI=1S/C17H18F3N3O3/c1-25-11-5-10(6-12(7-11)26-2)8-23-4-3-13-14(9-23)21-16(17(18,19)20)22-15(13)24/h5-7H,3-4,8-9H2,1-2H3,(H,21,22,24). The Morgan fingerprint density at radius 2 is 1.85 bits per heavy atom. The van der Waals surface area contributed by atoms with Gasteiger partial charge in [-0.2, -0.15) is 13.2 Å². The van der Waals surface area contributed by atoms with Crippen molar-refractivity contribution in [1.29, 1.82) is 0 Å². The molecule has 3 rings (SSSR count). The fourth-order valence-corrected chi connectivity index (χ4v) is 2.98. The number of aromatic amines is 1. The zero-order valence-corrected chi connectivity index (χ0v) is 14.3. The summed E-state index contributed by atoms with van der Waals surface area (Å²) in [6.45, 7) is 1.19. The lowest BCUT2D eigenvalue weighted by molar-refractivity contribution is -0.145. The van der Waals surface area contributed by atoms with E-state index < -0.39 is 17.6 Å². The second-order valence-electron chi connectivity index (χ2n) is 6.02. The first-order valence-electron chi connectivity index (χ1n) is 7.93. The van der Waals surface area contributed by atoms with E-state index in [2.05, 4.69) is 4.98 Å². The highest BCUT2D eigenvalue weighted by Gasteiger charge is 2.36. The van der Waals surface area contributed by atoms with Crippen LogP contribution < -0.4 is 15.0 Å². The fraction of sp³-hybridized carbons (Fsp3) is 0.412. The molecule has 2 aromatic rings. The topological polar surface area (TPSA) is 67.5 Å². The number of aromatic nitrogens is 2. The maximum Gasteiger partial charge on any atom is 0.449 e. The maximum absolute atomic E-state index is 12.9. The summed E-state index contributed by atoms with van der Waals surface area (Å²) in [5.74, 6) is 0.00234. The molecule has 1 aliphatic rings. The van der Waals surface area contributed by atoms with E-state index >= 15 is 0 Å². The highest BCUT2D eigenvalue weighted by atomic mass is 19.4. The largest absolute Gasteiger partial charge is 0.497 e. The number of methoxy groups -OCH3 is 2. The number of halogens is 3. The van der Waals surface area contributed by atoms with Gasteiger partial charge >= 0.3 is 6.18 Å². The number of ether oxygens (including phenoxy) is 2. The van der Waals surface area contributed by atoms with Gasteiger partial charge in [0, 0.05) is 31.3 Å². The fourth-order valence-electron chi connectivity index (χ4n) is 2.98. The monoisotopic (exact) mass is 369 g/mol. The first kappa shape index (κ1) is 18.2. The molecule has 0 saturated heterocycles. The van der Waals surface area contributed by atoms with Crippen molar-refractivity contribution >= 4 is 0 Å². The predicted octanol–water partition coefficient (Wildman–Crippen LogP) is 2.36. The lowest BCUT2D eigenvalue weighted by Gasteiger charge is -2.28. The molecule has 0 spiro atoms. The summed E-state index contributed by atoms with van der Waals surface area (Å²) in [6.07, 6.45) is -4.34. The summed E-state index contributed by atoms with van der Waals surface area (Å²) in [5, 5.41) is 0. The second-order valence-corrected chi connectivity index (χ2v) is 6.02. The van der Waals surface area contributed by atoms with Crippen LogP contribution in [0.4, 0.5) is 13.2 Å². The molecule has 6 nitrogen and oxygen atoms in total. The van der Waals surface area contributed by atoms with Crippen molar-refractivity contribution in [3.8, 4) is 11.5 Å². The van der Waals surface area contributed by atoms with Gasteiger partial charge in [0.1, 0.15) is 11.5 Å². The molecule has 0 unspecified atom stereocenters. The molecule has 0 aliphatic carbocycles. The van der Waals surface area contributed by atoms with Crippen molar-refractivity contribution < 1.29 is 22.6 Å². The Balaban J connectivity index is 1.84. The van der Waals surface area contributed by atoms with Gasteiger partial charge in [-0.15, -0.1) is 0 Å². The average Bonchev–Trinajstić information content (AvgIpc) is 2.60. The van der Waals surface area contributed by atoms with Gasteiger partial charge in [-0.1, -0.05) is 0 Å². The summed E-state index contributed by atoms with van der Waals surface area (Å²) in [7, 11) is 3.09. The average molecular weight is 369 g/mol. The van der Waals surface area contributed by atoms with Crippen LogP contribution >= 0.6 is 0 Å². The van der Waals surface area contributed by atoms with Gasteiger partial charge in [-0.05, 0) is 24.1 Å². The van der Waals surface area contributed by atoms with Crippen LogP contribution in [0.3, 0.4) is 0 Å². The molecular formula is C17H18F3N3O3. The zero-order valence-electron chi connectivity index (χ0n) is 14.3. The Labute approximate surface area is 147 Å². The van der Waals surface area contributed by atoms with Crippen molar-refractivity contribution in [3.05, 3.63) is 51.2 Å². The van der Waals surface area contributed by atoms with Crippen LogP contribution in [0.5, 0.6) is 11.5 Å². The molecule has 0 amide bonds. The smallest absolute Gasteiger partial charge is 0.449 e. The quantitative estimate of drug-likeness (QED) is 0.896. The molecule has 0 fully saturated rings. The molecule has 0 saturated carbocycles. The minimum Gasteiger partial charge on any atom is -0.497 e. The van der Waals surface area contributed by atoms with Crippen molar-refractivity contribution in [2.75, 3.05) is 20.8 Å². The number of benzene rings is 1. The van der Waals surface area contributed by atoms with Gasteiger partial charge in [-0.3, -0.25) is 9.69 Å². The number of nitrogens with zero attached hydrogens (tertiary/aromatic N) is 2. The molecule has 26 heavy (non-hydrogen) atoms. The van der Waals surface area contributed by atoms with Gasteiger partial charge in [0.15, 0.2) is 0 Å². The molecule has 140 valence electrons. The van der Waals surface area contributed by atoms with Crippen LogP contribution in [0.2, 0.25) is 0 Å². The second kappa shape index (κ2) is 6.99. The molecular weight excluding hydrogens is 351 g/mol. The molecule has 1 aromatic carbocycles. The molecule has 2 heterocycles. The summed E-state index contributed by atoms with van der Waals surface area (Å²) in [5.41, 5.74) is 0.662. The van der Waals surface area contributed by atoms with Gasteiger partial charge in [-0.25, -0.2) is 4.98 Å². The van der Waals surface area contributed by atoms with E-state index in [-0.39, 0.29) is 12.2 Å². The van der Waals surface area contributed by atoms with Crippen molar-refractivity contribution in [3.63, 3.8) is 0 Å². The number of fused-ring (bicyclic) bond motifs is 1. The molecule has 0 radical (unpaired) electrons. The van der Waals surface area contributed by atoms with Crippen LogP contribution in [0, 0.1) is 0 Å². The van der Waals surface area contributed by atoms with Gasteiger partial charge in [0.05, 0.1) is 19.9 Å². The Morgan fingerprint density at radius 1 is 1.19 bits per heavy atom. The molecule has 1 N–H and O–H groups in total. The lowest BCUT2D eigenvalue weighted by atomic mass is 10.1. The molecule has 1 aromatic heterocycles. The third-order valence-corrected chi connectivity index (χ3v) is 4.24. The number of H-pyrrole nitrogens is 1. The highest BCUT2D eigenvalue weighted by molar-refractivity contribution is 5.38. The van der Waals surface area contributed by atoms with E-state index in [4.69, 9.17) is 9.47 Å². The van der Waals surface area contributed by atoms with E-state index in [1.807, 2.05) is 22.0 Å². The third kappa shape index (κ3) is 3.82. The number of rotatable bonds is 4. The van der Waals surface area contributed by atoms with Crippen molar-refractivity contribution in [1.82, 2.24) is 14.9 Å². The van der Waals surface area contributed by atoms with E-state index in [0.717, 1.165) is 5.56 Å². The number of nitrogens with one attached hydrogen (secondary N) is 1. The Kier molecular flexibility index (Phi) is 4.90. The van der Waals surface area contributed by atoms with Crippen LogP contribution in [-0.4, -0.2) is 35.6 Å². The van der Waals surface area contributed by atoms with E-state index in [0.29, 0.717) is 36.6 Å². The lowest BCUT2D eigenvalue weighted by Crippen LogP contribution is -2.36. The Morgan fingerprint density at radius 3 is 2.42 bits per heavy atom. The van der Waals surface area contributed by atoms with E-state index in [9.17, 15) is 18.0 Å². The minimum atomic E-state index is -4.68. The van der Waals surface area contributed by atoms with Gasteiger partial charge < -0.3 is 14.5 Å². The third-order valence-electron chi connectivity index (χ3n) is 4.24. The van der Waals surface area contributed by atoms with Crippen molar-refractivity contribution in [2.24, 2.45) is 0 Å². The Bertz CT molecular complexity index is 842. The SMILES string of the molecule is COc1cc(CN2CCc3c(nc(C(F)(F)F)[nH]c3=O)C2)cc(OC)c1. The predicted molar refractivity (Wildman–Crippen MR) is 87.2 cm³/mol. The van der Waals surface area contributed by atoms with E-state index in [1.165, 1.54) is 0 Å². The van der Waals surface area contributed by atoms with Gasteiger partial charge in [0.25, 0.3) is 5.56 Å².